The van der Waals surface area contributed by atoms with Crippen molar-refractivity contribution in [3.63, 3.8) is 0 Å². The lowest BCUT2D eigenvalue weighted by molar-refractivity contribution is -0.138. The van der Waals surface area contributed by atoms with Gasteiger partial charge in [-0.05, 0) is 30.9 Å². The van der Waals surface area contributed by atoms with Crippen molar-refractivity contribution in [2.75, 3.05) is 11.4 Å². The number of aliphatic carboxylic acids is 1. The van der Waals surface area contributed by atoms with Crippen molar-refractivity contribution in [2.45, 2.75) is 63.6 Å². The highest BCUT2D eigenvalue weighted by molar-refractivity contribution is 6.01. The van der Waals surface area contributed by atoms with Crippen LogP contribution in [0.5, 0.6) is 0 Å². The SMILES string of the molecule is CCC(OC1CCCCC1)C(=O)N1CC(C(=O)O)c2ccccc21. The highest BCUT2D eigenvalue weighted by atomic mass is 16.5. The molecule has 1 aromatic carbocycles. The van der Waals surface area contributed by atoms with Gasteiger partial charge in [-0.1, -0.05) is 44.4 Å². The summed E-state index contributed by atoms with van der Waals surface area (Å²) < 4.78 is 6.09. The fraction of sp³-hybridized carbons (Fsp3) is 0.579. The van der Waals surface area contributed by atoms with Crippen molar-refractivity contribution in [3.8, 4) is 0 Å². The molecule has 1 aliphatic carbocycles. The van der Waals surface area contributed by atoms with E-state index in [2.05, 4.69) is 0 Å². The smallest absolute Gasteiger partial charge is 0.312 e. The van der Waals surface area contributed by atoms with Crippen LogP contribution in [0.3, 0.4) is 0 Å². The van der Waals surface area contributed by atoms with Gasteiger partial charge >= 0.3 is 5.97 Å². The fourth-order valence-electron chi connectivity index (χ4n) is 3.76. The molecule has 0 bridgehead atoms. The maximum absolute atomic E-state index is 13.0. The minimum Gasteiger partial charge on any atom is -0.481 e. The van der Waals surface area contributed by atoms with Gasteiger partial charge < -0.3 is 14.7 Å². The van der Waals surface area contributed by atoms with E-state index in [0.717, 1.165) is 25.7 Å². The number of rotatable bonds is 5. The molecule has 2 atom stereocenters. The fourth-order valence-corrected chi connectivity index (χ4v) is 3.76. The van der Waals surface area contributed by atoms with Crippen LogP contribution in [0.15, 0.2) is 24.3 Å². The molecule has 1 N–H and O–H groups in total. The van der Waals surface area contributed by atoms with Crippen molar-refractivity contribution in [2.24, 2.45) is 0 Å². The van der Waals surface area contributed by atoms with Crippen molar-refractivity contribution >= 4 is 17.6 Å². The second kappa shape index (κ2) is 7.34. The number of para-hydroxylation sites is 1. The van der Waals surface area contributed by atoms with Crippen LogP contribution in [0, 0.1) is 0 Å². The molecule has 2 aliphatic rings. The molecule has 1 saturated carbocycles. The van der Waals surface area contributed by atoms with E-state index in [1.807, 2.05) is 25.1 Å². The Morgan fingerprint density at radius 1 is 1.25 bits per heavy atom. The molecule has 24 heavy (non-hydrogen) atoms. The van der Waals surface area contributed by atoms with Gasteiger partial charge in [0.05, 0.1) is 6.10 Å². The Morgan fingerprint density at radius 3 is 2.62 bits per heavy atom. The van der Waals surface area contributed by atoms with Gasteiger partial charge in [-0.2, -0.15) is 0 Å². The van der Waals surface area contributed by atoms with Crippen molar-refractivity contribution in [3.05, 3.63) is 29.8 Å². The third-order valence-electron chi connectivity index (χ3n) is 5.09. The Labute approximate surface area is 142 Å². The summed E-state index contributed by atoms with van der Waals surface area (Å²) in [4.78, 5) is 26.1. The monoisotopic (exact) mass is 331 g/mol. The molecule has 1 aliphatic heterocycles. The number of benzene rings is 1. The Hall–Kier alpha value is -1.88. The van der Waals surface area contributed by atoms with E-state index in [1.165, 1.54) is 6.42 Å². The Balaban J connectivity index is 1.77. The van der Waals surface area contributed by atoms with Gasteiger partial charge in [-0.25, -0.2) is 0 Å². The molecule has 1 amide bonds. The molecule has 3 rings (SSSR count). The van der Waals surface area contributed by atoms with E-state index < -0.39 is 18.0 Å². The second-order valence-corrected chi connectivity index (χ2v) is 6.69. The zero-order valence-corrected chi connectivity index (χ0v) is 14.1. The number of carbonyl (C=O) groups excluding carboxylic acids is 1. The molecular weight excluding hydrogens is 306 g/mol. The van der Waals surface area contributed by atoms with Gasteiger partial charge in [-0.15, -0.1) is 0 Å². The van der Waals surface area contributed by atoms with Crippen LogP contribution < -0.4 is 4.90 Å². The van der Waals surface area contributed by atoms with Crippen LogP contribution in [-0.2, 0) is 14.3 Å². The van der Waals surface area contributed by atoms with E-state index in [-0.39, 0.29) is 18.6 Å². The average Bonchev–Trinajstić information content (AvgIpc) is 3.00. The minimum absolute atomic E-state index is 0.112. The van der Waals surface area contributed by atoms with Gasteiger partial charge in [0, 0.05) is 12.2 Å². The number of hydrogen-bond donors (Lipinski definition) is 1. The molecule has 1 fully saturated rings. The van der Waals surface area contributed by atoms with Gasteiger partial charge in [-0.3, -0.25) is 9.59 Å². The van der Waals surface area contributed by atoms with Crippen molar-refractivity contribution in [1.82, 2.24) is 0 Å². The lowest BCUT2D eigenvalue weighted by Gasteiger charge is -2.29. The zero-order valence-electron chi connectivity index (χ0n) is 14.1. The average molecular weight is 331 g/mol. The highest BCUT2D eigenvalue weighted by Crippen LogP contribution is 2.37. The third kappa shape index (κ3) is 3.31. The molecule has 0 spiro atoms. The van der Waals surface area contributed by atoms with E-state index in [9.17, 15) is 14.7 Å². The summed E-state index contributed by atoms with van der Waals surface area (Å²) in [7, 11) is 0. The van der Waals surface area contributed by atoms with E-state index >= 15 is 0 Å². The van der Waals surface area contributed by atoms with E-state index in [0.29, 0.717) is 17.7 Å². The summed E-state index contributed by atoms with van der Waals surface area (Å²) in [5, 5.41) is 9.45. The number of nitrogens with zero attached hydrogens (tertiary/aromatic N) is 1. The summed E-state index contributed by atoms with van der Waals surface area (Å²) in [5.41, 5.74) is 1.42. The number of carboxylic acid groups (broad SMARTS) is 1. The van der Waals surface area contributed by atoms with Crippen molar-refractivity contribution < 1.29 is 19.4 Å². The summed E-state index contributed by atoms with van der Waals surface area (Å²) in [6, 6.07) is 7.28. The quantitative estimate of drug-likeness (QED) is 0.899. The highest BCUT2D eigenvalue weighted by Gasteiger charge is 2.39. The van der Waals surface area contributed by atoms with Gasteiger partial charge in [0.25, 0.3) is 5.91 Å². The number of carboxylic acids is 1. The Bertz CT molecular complexity index is 609. The first-order chi connectivity index (χ1) is 11.6. The topological polar surface area (TPSA) is 66.8 Å². The lowest BCUT2D eigenvalue weighted by Crippen LogP contribution is -2.42. The number of fused-ring (bicyclic) bond motifs is 1. The first-order valence-electron chi connectivity index (χ1n) is 8.90. The van der Waals surface area contributed by atoms with Crippen LogP contribution in [0.2, 0.25) is 0 Å². The molecule has 0 saturated heterocycles. The molecule has 2 unspecified atom stereocenters. The summed E-state index contributed by atoms with van der Waals surface area (Å²) >= 11 is 0. The molecule has 5 heteroatoms. The van der Waals surface area contributed by atoms with Crippen LogP contribution >= 0.6 is 0 Å². The summed E-state index contributed by atoms with van der Waals surface area (Å²) in [6.45, 7) is 2.14. The molecule has 0 radical (unpaired) electrons. The van der Waals surface area contributed by atoms with Crippen LogP contribution in [-0.4, -0.2) is 35.7 Å². The van der Waals surface area contributed by atoms with Crippen LogP contribution in [0.25, 0.3) is 0 Å². The molecular formula is C19H25NO4. The molecule has 5 nitrogen and oxygen atoms in total. The van der Waals surface area contributed by atoms with Crippen molar-refractivity contribution in [1.29, 1.82) is 0 Å². The predicted molar refractivity (Wildman–Crippen MR) is 91.2 cm³/mol. The Morgan fingerprint density at radius 2 is 1.96 bits per heavy atom. The van der Waals surface area contributed by atoms with Gasteiger partial charge in [0.1, 0.15) is 12.0 Å². The maximum atomic E-state index is 13.0. The third-order valence-corrected chi connectivity index (χ3v) is 5.09. The number of hydrogen-bond acceptors (Lipinski definition) is 3. The standard InChI is InChI=1S/C19H25NO4/c1-2-17(24-13-8-4-3-5-9-13)18(21)20-12-15(19(22)23)14-10-6-7-11-16(14)20/h6-7,10-11,13,15,17H,2-5,8-9,12H2,1H3,(H,22,23). The van der Waals surface area contributed by atoms with Gasteiger partial charge in [0.15, 0.2) is 0 Å². The normalized spacial score (nSPS) is 22.2. The first-order valence-corrected chi connectivity index (χ1v) is 8.90. The second-order valence-electron chi connectivity index (χ2n) is 6.69. The first kappa shape index (κ1) is 17.0. The zero-order chi connectivity index (χ0) is 17.1. The predicted octanol–water partition coefficient (Wildman–Crippen LogP) is 3.33. The minimum atomic E-state index is -0.890. The number of anilines is 1. The molecule has 130 valence electrons. The maximum Gasteiger partial charge on any atom is 0.312 e. The van der Waals surface area contributed by atoms with E-state index in [1.54, 1.807) is 11.0 Å². The molecule has 1 heterocycles. The molecule has 0 aromatic heterocycles. The number of carbonyl (C=O) groups is 2. The van der Waals surface area contributed by atoms with Crippen LogP contribution in [0.1, 0.15) is 56.9 Å². The largest absolute Gasteiger partial charge is 0.481 e. The Kier molecular flexibility index (Phi) is 5.19. The lowest BCUT2D eigenvalue weighted by atomic mass is 9.97. The van der Waals surface area contributed by atoms with Gasteiger partial charge in [0.2, 0.25) is 0 Å². The molecule has 1 aromatic rings. The number of ether oxygens (including phenoxy) is 1. The summed E-state index contributed by atoms with van der Waals surface area (Å²) in [5.74, 6) is -1.66. The number of amides is 1. The van der Waals surface area contributed by atoms with Crippen LogP contribution in [0.4, 0.5) is 5.69 Å². The van der Waals surface area contributed by atoms with E-state index in [4.69, 9.17) is 4.74 Å². The summed E-state index contributed by atoms with van der Waals surface area (Å²) in [6.07, 6.45) is 5.84.